The lowest BCUT2D eigenvalue weighted by atomic mass is 10.0. The van der Waals surface area contributed by atoms with Gasteiger partial charge in [0.15, 0.2) is 11.6 Å². The van der Waals surface area contributed by atoms with E-state index < -0.39 is 11.6 Å². The Balaban J connectivity index is 1.60. The van der Waals surface area contributed by atoms with Gasteiger partial charge in [-0.3, -0.25) is 9.69 Å². The van der Waals surface area contributed by atoms with Crippen LogP contribution in [0.25, 0.3) is 17.2 Å². The molecule has 9 heteroatoms. The van der Waals surface area contributed by atoms with E-state index in [2.05, 4.69) is 10.2 Å². The Hall–Kier alpha value is -2.33. The van der Waals surface area contributed by atoms with Crippen LogP contribution in [0.2, 0.25) is 0 Å². The zero-order valence-electron chi connectivity index (χ0n) is 16.5. The lowest BCUT2D eigenvalue weighted by Crippen LogP contribution is -2.38. The fraction of sp³-hybridized carbons (Fsp3) is 0.273. The summed E-state index contributed by atoms with van der Waals surface area (Å²) in [7, 11) is 0. The fourth-order valence-electron chi connectivity index (χ4n) is 3.33. The average molecular weight is 463 g/mol. The van der Waals surface area contributed by atoms with Crippen molar-refractivity contribution in [2.75, 3.05) is 39.5 Å². The normalized spacial score (nSPS) is 18.5. The number of halogens is 2. The molecule has 0 unspecified atom stereocenters. The third-order valence-electron chi connectivity index (χ3n) is 4.94. The summed E-state index contributed by atoms with van der Waals surface area (Å²) in [6, 6.07) is 9.12. The van der Waals surface area contributed by atoms with E-state index in [0.717, 1.165) is 37.3 Å². The molecule has 0 bridgehead atoms. The number of rotatable bonds is 6. The number of benzene rings is 2. The summed E-state index contributed by atoms with van der Waals surface area (Å²) < 4.78 is 39.1. The molecule has 162 valence electrons. The minimum atomic E-state index is -0.934. The molecule has 2 aromatic carbocycles. The Morgan fingerprint density at radius 3 is 2.68 bits per heavy atom. The van der Waals surface area contributed by atoms with Crippen molar-refractivity contribution in [3.05, 3.63) is 58.5 Å². The molecule has 2 fully saturated rings. The van der Waals surface area contributed by atoms with Crippen LogP contribution < -0.4 is 10.1 Å². The van der Waals surface area contributed by atoms with E-state index in [9.17, 15) is 13.6 Å². The van der Waals surface area contributed by atoms with Crippen LogP contribution in [0, 0.1) is 11.6 Å². The van der Waals surface area contributed by atoms with Gasteiger partial charge < -0.3 is 14.8 Å². The topological polar surface area (TPSA) is 50.8 Å². The molecule has 4 rings (SSSR count). The number of thioether (sulfide) groups is 1. The maximum absolute atomic E-state index is 13.9. The van der Waals surface area contributed by atoms with Crippen LogP contribution in [0.1, 0.15) is 5.56 Å². The van der Waals surface area contributed by atoms with Gasteiger partial charge in [-0.25, -0.2) is 8.78 Å². The van der Waals surface area contributed by atoms with E-state index >= 15 is 0 Å². The molecule has 2 aliphatic heterocycles. The minimum absolute atomic E-state index is 0.254. The minimum Gasteiger partial charge on any atom is -0.492 e. The number of amides is 1. The van der Waals surface area contributed by atoms with Crippen molar-refractivity contribution in [2.24, 2.45) is 0 Å². The molecule has 0 atom stereocenters. The van der Waals surface area contributed by atoms with Gasteiger partial charge in [0.1, 0.15) is 16.7 Å². The standard InChI is InChI=1S/C22H20F2N2O3S2/c23-17-3-2-15(13-18(17)24)16-11-14(12-20-21(27)25-22(30)31-20)1-4-19(16)29-10-7-26-5-8-28-9-6-26/h1-4,11-13H,5-10H2,(H,25,27,30)/b20-12-. The Bertz CT molecular complexity index is 1040. The second-order valence-corrected chi connectivity index (χ2v) is 8.76. The number of morpholine rings is 1. The SMILES string of the molecule is O=C1NC(=S)S/C1=C\c1ccc(OCCN2CCOCC2)c(-c2ccc(F)c(F)c2)c1. The molecule has 2 heterocycles. The van der Waals surface area contributed by atoms with Crippen LogP contribution in [0.3, 0.4) is 0 Å². The summed E-state index contributed by atoms with van der Waals surface area (Å²) in [5, 5.41) is 2.58. The molecule has 1 amide bonds. The average Bonchev–Trinajstić information content (AvgIpc) is 3.08. The summed E-state index contributed by atoms with van der Waals surface area (Å²) in [4.78, 5) is 14.7. The molecule has 5 nitrogen and oxygen atoms in total. The maximum Gasteiger partial charge on any atom is 0.263 e. The van der Waals surface area contributed by atoms with Crippen molar-refractivity contribution >= 4 is 40.3 Å². The summed E-state index contributed by atoms with van der Waals surface area (Å²) in [5.74, 6) is -1.54. The molecule has 2 saturated heterocycles. The van der Waals surface area contributed by atoms with Gasteiger partial charge in [0.2, 0.25) is 0 Å². The van der Waals surface area contributed by atoms with Crippen LogP contribution in [-0.4, -0.2) is 54.6 Å². The zero-order chi connectivity index (χ0) is 21.8. The molecule has 1 N–H and O–H groups in total. The molecule has 2 aromatic rings. The van der Waals surface area contributed by atoms with Gasteiger partial charge in [0, 0.05) is 25.2 Å². The fourth-order valence-corrected chi connectivity index (χ4v) is 4.38. The highest BCUT2D eigenvalue weighted by molar-refractivity contribution is 8.26. The number of nitrogens with zero attached hydrogens (tertiary/aromatic N) is 1. The van der Waals surface area contributed by atoms with Gasteiger partial charge >= 0.3 is 0 Å². The maximum atomic E-state index is 13.9. The highest BCUT2D eigenvalue weighted by atomic mass is 32.2. The third kappa shape index (κ3) is 5.48. The molecular formula is C22H20F2N2O3S2. The first-order chi connectivity index (χ1) is 15.0. The summed E-state index contributed by atoms with van der Waals surface area (Å²) in [6.07, 6.45) is 1.71. The smallest absolute Gasteiger partial charge is 0.263 e. The summed E-state index contributed by atoms with van der Waals surface area (Å²) in [5.41, 5.74) is 1.82. The van der Waals surface area contributed by atoms with Crippen molar-refractivity contribution in [1.82, 2.24) is 10.2 Å². The van der Waals surface area contributed by atoms with Crippen molar-refractivity contribution in [3.63, 3.8) is 0 Å². The van der Waals surface area contributed by atoms with Crippen molar-refractivity contribution < 1.29 is 23.0 Å². The molecular weight excluding hydrogens is 442 g/mol. The van der Waals surface area contributed by atoms with Crippen LogP contribution in [0.4, 0.5) is 8.78 Å². The third-order valence-corrected chi connectivity index (χ3v) is 6.11. The molecule has 0 saturated carbocycles. The summed E-state index contributed by atoms with van der Waals surface area (Å²) in [6.45, 7) is 4.31. The molecule has 0 spiro atoms. The number of carbonyl (C=O) groups excluding carboxylic acids is 1. The van der Waals surface area contributed by atoms with E-state index in [4.69, 9.17) is 21.7 Å². The molecule has 0 aromatic heterocycles. The van der Waals surface area contributed by atoms with E-state index in [1.807, 2.05) is 6.07 Å². The number of carbonyl (C=O) groups is 1. The van der Waals surface area contributed by atoms with E-state index in [0.29, 0.717) is 45.9 Å². The van der Waals surface area contributed by atoms with Crippen LogP contribution in [0.5, 0.6) is 5.75 Å². The predicted octanol–water partition coefficient (Wildman–Crippen LogP) is 3.83. The van der Waals surface area contributed by atoms with Gasteiger partial charge in [-0.2, -0.15) is 0 Å². The Kier molecular flexibility index (Phi) is 6.96. The van der Waals surface area contributed by atoms with Crippen LogP contribution >= 0.6 is 24.0 Å². The second-order valence-electron chi connectivity index (χ2n) is 7.04. The van der Waals surface area contributed by atoms with E-state index in [-0.39, 0.29) is 5.91 Å². The second kappa shape index (κ2) is 9.86. The molecule has 2 aliphatic rings. The van der Waals surface area contributed by atoms with Crippen LogP contribution in [0.15, 0.2) is 41.3 Å². The zero-order valence-corrected chi connectivity index (χ0v) is 18.2. The highest BCUT2D eigenvalue weighted by Crippen LogP contribution is 2.34. The summed E-state index contributed by atoms with van der Waals surface area (Å²) >= 11 is 6.21. The van der Waals surface area contributed by atoms with Crippen molar-refractivity contribution in [2.45, 2.75) is 0 Å². The monoisotopic (exact) mass is 462 g/mol. The van der Waals surface area contributed by atoms with Crippen molar-refractivity contribution in [3.8, 4) is 16.9 Å². The van der Waals surface area contributed by atoms with Gasteiger partial charge in [0.25, 0.3) is 5.91 Å². The molecule has 0 radical (unpaired) electrons. The van der Waals surface area contributed by atoms with Gasteiger partial charge in [-0.05, 0) is 41.5 Å². The van der Waals surface area contributed by atoms with E-state index in [1.54, 1.807) is 18.2 Å². The van der Waals surface area contributed by atoms with Gasteiger partial charge in [-0.1, -0.05) is 36.1 Å². The predicted molar refractivity (Wildman–Crippen MR) is 121 cm³/mol. The van der Waals surface area contributed by atoms with Crippen molar-refractivity contribution in [1.29, 1.82) is 0 Å². The number of ether oxygens (including phenoxy) is 2. The quantitative estimate of drug-likeness (QED) is 0.520. The Morgan fingerprint density at radius 1 is 1.16 bits per heavy atom. The lowest BCUT2D eigenvalue weighted by Gasteiger charge is -2.26. The number of hydrogen-bond donors (Lipinski definition) is 1. The van der Waals surface area contributed by atoms with E-state index in [1.165, 1.54) is 17.8 Å². The molecule has 0 aliphatic carbocycles. The first kappa shape index (κ1) is 21.9. The van der Waals surface area contributed by atoms with Gasteiger partial charge in [-0.15, -0.1) is 0 Å². The highest BCUT2D eigenvalue weighted by Gasteiger charge is 2.22. The van der Waals surface area contributed by atoms with Crippen LogP contribution in [-0.2, 0) is 9.53 Å². The Labute approximate surface area is 188 Å². The number of thiocarbonyl (C=S) groups is 1. The lowest BCUT2D eigenvalue weighted by molar-refractivity contribution is -0.115. The number of hydrogen-bond acceptors (Lipinski definition) is 6. The first-order valence-corrected chi connectivity index (χ1v) is 11.0. The first-order valence-electron chi connectivity index (χ1n) is 9.77. The molecule has 31 heavy (non-hydrogen) atoms. The number of nitrogens with one attached hydrogen (secondary N) is 1. The Morgan fingerprint density at radius 2 is 1.97 bits per heavy atom. The largest absolute Gasteiger partial charge is 0.492 e. The van der Waals surface area contributed by atoms with Gasteiger partial charge in [0.05, 0.1) is 18.1 Å².